The van der Waals surface area contributed by atoms with E-state index in [9.17, 15) is 0 Å². The van der Waals surface area contributed by atoms with E-state index in [4.69, 9.17) is 9.15 Å². The van der Waals surface area contributed by atoms with Gasteiger partial charge in [0.2, 0.25) is 0 Å². The predicted molar refractivity (Wildman–Crippen MR) is 41.4 cm³/mol. The van der Waals surface area contributed by atoms with Crippen LogP contribution in [-0.2, 0) is 10.3 Å². The molecule has 0 spiro atoms. The van der Waals surface area contributed by atoms with Crippen LogP contribution in [0.3, 0.4) is 0 Å². The fourth-order valence-electron chi connectivity index (χ4n) is 1.34. The molecule has 0 unspecified atom stereocenters. The molecule has 2 nitrogen and oxygen atoms in total. The molecule has 2 heteroatoms. The standard InChI is InChI=1S/C9H12O2/c1-7-3-4-8(11-7)9(10-2)5-6-9/h3-4H,5-6H2,1-2H3. The van der Waals surface area contributed by atoms with Gasteiger partial charge in [0.25, 0.3) is 0 Å². The summed E-state index contributed by atoms with van der Waals surface area (Å²) in [6.45, 7) is 1.95. The number of furan rings is 1. The van der Waals surface area contributed by atoms with Gasteiger partial charge >= 0.3 is 0 Å². The molecule has 0 aromatic carbocycles. The highest BCUT2D eigenvalue weighted by Gasteiger charge is 2.47. The molecular weight excluding hydrogens is 140 g/mol. The molecule has 0 radical (unpaired) electrons. The molecule has 1 aromatic rings. The van der Waals surface area contributed by atoms with Gasteiger partial charge in [-0.15, -0.1) is 0 Å². The fourth-order valence-corrected chi connectivity index (χ4v) is 1.34. The van der Waals surface area contributed by atoms with Crippen LogP contribution >= 0.6 is 0 Å². The van der Waals surface area contributed by atoms with Crippen LogP contribution in [0.2, 0.25) is 0 Å². The van der Waals surface area contributed by atoms with Crippen LogP contribution in [0, 0.1) is 6.92 Å². The molecule has 0 bridgehead atoms. The van der Waals surface area contributed by atoms with Crippen molar-refractivity contribution in [3.05, 3.63) is 23.7 Å². The quantitative estimate of drug-likeness (QED) is 0.648. The van der Waals surface area contributed by atoms with Crippen molar-refractivity contribution in [1.29, 1.82) is 0 Å². The molecule has 60 valence electrons. The summed E-state index contributed by atoms with van der Waals surface area (Å²) >= 11 is 0. The van der Waals surface area contributed by atoms with E-state index < -0.39 is 0 Å². The molecule has 1 fully saturated rings. The van der Waals surface area contributed by atoms with Crippen LogP contribution in [0.25, 0.3) is 0 Å². The third-order valence-corrected chi connectivity index (χ3v) is 2.28. The summed E-state index contributed by atoms with van der Waals surface area (Å²) in [7, 11) is 1.74. The summed E-state index contributed by atoms with van der Waals surface area (Å²) in [6.07, 6.45) is 2.19. The van der Waals surface area contributed by atoms with Crippen LogP contribution in [0.15, 0.2) is 16.5 Å². The Labute approximate surface area is 66.2 Å². The number of hydrogen-bond acceptors (Lipinski definition) is 2. The van der Waals surface area contributed by atoms with E-state index in [0.717, 1.165) is 24.4 Å². The van der Waals surface area contributed by atoms with Gasteiger partial charge in [-0.05, 0) is 31.9 Å². The van der Waals surface area contributed by atoms with Gasteiger partial charge in [0.15, 0.2) is 0 Å². The molecule has 0 aliphatic heterocycles. The number of hydrogen-bond donors (Lipinski definition) is 0. The summed E-state index contributed by atoms with van der Waals surface area (Å²) < 4.78 is 10.8. The lowest BCUT2D eigenvalue weighted by Gasteiger charge is -2.08. The van der Waals surface area contributed by atoms with Crippen LogP contribution < -0.4 is 0 Å². The minimum absolute atomic E-state index is 0.0613. The van der Waals surface area contributed by atoms with Crippen molar-refractivity contribution >= 4 is 0 Å². The maximum atomic E-state index is 5.48. The Morgan fingerprint density at radius 3 is 2.55 bits per heavy atom. The van der Waals surface area contributed by atoms with Crippen LogP contribution in [0.5, 0.6) is 0 Å². The van der Waals surface area contributed by atoms with Crippen molar-refractivity contribution in [3.63, 3.8) is 0 Å². The van der Waals surface area contributed by atoms with Crippen molar-refractivity contribution in [2.45, 2.75) is 25.4 Å². The highest BCUT2D eigenvalue weighted by Crippen LogP contribution is 2.48. The lowest BCUT2D eigenvalue weighted by molar-refractivity contribution is 0.0586. The Bertz CT molecular complexity index is 258. The van der Waals surface area contributed by atoms with Crippen molar-refractivity contribution in [2.24, 2.45) is 0 Å². The average molecular weight is 152 g/mol. The minimum atomic E-state index is -0.0613. The van der Waals surface area contributed by atoms with Gasteiger partial charge in [0, 0.05) is 7.11 Å². The van der Waals surface area contributed by atoms with E-state index in [-0.39, 0.29) is 5.60 Å². The van der Waals surface area contributed by atoms with E-state index in [1.165, 1.54) is 0 Å². The summed E-state index contributed by atoms with van der Waals surface area (Å²) in [5.41, 5.74) is -0.0613. The zero-order valence-corrected chi connectivity index (χ0v) is 6.89. The van der Waals surface area contributed by atoms with Crippen LogP contribution in [-0.4, -0.2) is 7.11 Å². The maximum Gasteiger partial charge on any atom is 0.136 e. The maximum absolute atomic E-state index is 5.48. The molecule has 1 heterocycles. The van der Waals surface area contributed by atoms with Gasteiger partial charge in [0.05, 0.1) is 0 Å². The monoisotopic (exact) mass is 152 g/mol. The lowest BCUT2D eigenvalue weighted by Crippen LogP contribution is -2.06. The van der Waals surface area contributed by atoms with E-state index >= 15 is 0 Å². The minimum Gasteiger partial charge on any atom is -0.463 e. The highest BCUT2D eigenvalue weighted by atomic mass is 16.5. The SMILES string of the molecule is COC1(c2ccc(C)o2)CC1. The summed E-state index contributed by atoms with van der Waals surface area (Å²) in [5.74, 6) is 1.95. The lowest BCUT2D eigenvalue weighted by atomic mass is 10.2. The van der Waals surface area contributed by atoms with E-state index in [0.29, 0.717) is 0 Å². The topological polar surface area (TPSA) is 22.4 Å². The van der Waals surface area contributed by atoms with Gasteiger partial charge in [-0.1, -0.05) is 0 Å². The van der Waals surface area contributed by atoms with E-state index in [2.05, 4.69) is 0 Å². The normalized spacial score (nSPS) is 20.2. The zero-order chi connectivity index (χ0) is 7.90. The van der Waals surface area contributed by atoms with Gasteiger partial charge in [0.1, 0.15) is 17.1 Å². The number of methoxy groups -OCH3 is 1. The Kier molecular flexibility index (Phi) is 1.33. The summed E-state index contributed by atoms with van der Waals surface area (Å²) in [4.78, 5) is 0. The van der Waals surface area contributed by atoms with Crippen molar-refractivity contribution in [3.8, 4) is 0 Å². The Morgan fingerprint density at radius 2 is 2.18 bits per heavy atom. The summed E-state index contributed by atoms with van der Waals surface area (Å²) in [5, 5.41) is 0. The number of ether oxygens (including phenoxy) is 1. The van der Waals surface area contributed by atoms with Crippen molar-refractivity contribution in [2.75, 3.05) is 7.11 Å². The first-order chi connectivity index (χ1) is 5.27. The molecule has 0 atom stereocenters. The average Bonchev–Trinajstić information content (AvgIpc) is 2.70. The molecule has 0 amide bonds. The molecule has 1 aromatic heterocycles. The number of aryl methyl sites for hydroxylation is 1. The second-order valence-corrected chi connectivity index (χ2v) is 3.11. The molecule has 2 rings (SSSR count). The predicted octanol–water partition coefficient (Wildman–Crippen LogP) is 2.22. The third-order valence-electron chi connectivity index (χ3n) is 2.28. The highest BCUT2D eigenvalue weighted by molar-refractivity contribution is 5.19. The molecule has 1 saturated carbocycles. The van der Waals surface area contributed by atoms with E-state index in [1.54, 1.807) is 7.11 Å². The second-order valence-electron chi connectivity index (χ2n) is 3.11. The second kappa shape index (κ2) is 2.11. The largest absolute Gasteiger partial charge is 0.463 e. The van der Waals surface area contributed by atoms with Gasteiger partial charge in [-0.3, -0.25) is 0 Å². The van der Waals surface area contributed by atoms with Crippen LogP contribution in [0.4, 0.5) is 0 Å². The first kappa shape index (κ1) is 6.92. The molecule has 0 saturated heterocycles. The van der Waals surface area contributed by atoms with Crippen molar-refractivity contribution in [1.82, 2.24) is 0 Å². The van der Waals surface area contributed by atoms with Gasteiger partial charge < -0.3 is 9.15 Å². The first-order valence-corrected chi connectivity index (χ1v) is 3.89. The number of rotatable bonds is 2. The van der Waals surface area contributed by atoms with Crippen LogP contribution in [0.1, 0.15) is 24.4 Å². The molecule has 1 aliphatic rings. The van der Waals surface area contributed by atoms with Crippen molar-refractivity contribution < 1.29 is 9.15 Å². The Balaban J connectivity index is 2.29. The molecule has 1 aliphatic carbocycles. The first-order valence-electron chi connectivity index (χ1n) is 3.89. The zero-order valence-electron chi connectivity index (χ0n) is 6.89. The van der Waals surface area contributed by atoms with Gasteiger partial charge in [-0.25, -0.2) is 0 Å². The fraction of sp³-hybridized carbons (Fsp3) is 0.556. The third kappa shape index (κ3) is 0.979. The smallest absolute Gasteiger partial charge is 0.136 e. The van der Waals surface area contributed by atoms with Gasteiger partial charge in [-0.2, -0.15) is 0 Å². The Hall–Kier alpha value is -0.760. The summed E-state index contributed by atoms with van der Waals surface area (Å²) in [6, 6.07) is 3.99. The Morgan fingerprint density at radius 1 is 1.45 bits per heavy atom. The molecular formula is C9H12O2. The molecule has 11 heavy (non-hydrogen) atoms. The molecule has 0 N–H and O–H groups in total. The van der Waals surface area contributed by atoms with E-state index in [1.807, 2.05) is 19.1 Å².